The van der Waals surface area contributed by atoms with Gasteiger partial charge >= 0.3 is 0 Å². The number of benzene rings is 2. The smallest absolute Gasteiger partial charge is 0.231 e. The first kappa shape index (κ1) is 13.5. The van der Waals surface area contributed by atoms with Crippen molar-refractivity contribution in [3.05, 3.63) is 52.6 Å². The number of hydrogen-bond acceptors (Lipinski definition) is 5. The second kappa shape index (κ2) is 5.03. The average Bonchev–Trinajstić information content (AvgIpc) is 3.24. The molecule has 2 aromatic carbocycles. The number of rotatable bonds is 1. The monoisotopic (exact) mass is 322 g/mol. The molecule has 5 rings (SSSR count). The molecule has 0 radical (unpaired) electrons. The van der Waals surface area contributed by atoms with Crippen LogP contribution in [-0.4, -0.2) is 25.8 Å². The molecule has 0 atom stereocenters. The first-order valence-corrected chi connectivity index (χ1v) is 7.85. The number of fused-ring (bicyclic) bond motifs is 3. The third kappa shape index (κ3) is 2.05. The molecule has 3 heterocycles. The second-order valence-electron chi connectivity index (χ2n) is 5.95. The molecule has 3 aliphatic heterocycles. The van der Waals surface area contributed by atoms with Gasteiger partial charge in [-0.25, -0.2) is 0 Å². The molecular formula is C19H14O5. The molecule has 5 heteroatoms. The molecule has 0 amide bonds. The highest BCUT2D eigenvalue weighted by Gasteiger charge is 2.28. The zero-order chi connectivity index (χ0) is 16.1. The van der Waals surface area contributed by atoms with E-state index in [1.165, 1.54) is 5.56 Å². The van der Waals surface area contributed by atoms with E-state index in [-0.39, 0.29) is 19.2 Å². The summed E-state index contributed by atoms with van der Waals surface area (Å²) < 4.78 is 21.9. The predicted octanol–water partition coefficient (Wildman–Crippen LogP) is 3.01. The fourth-order valence-electron chi connectivity index (χ4n) is 3.22. The Hall–Kier alpha value is -2.95. The Bertz CT molecular complexity index is 897. The third-order valence-electron chi connectivity index (χ3n) is 4.45. The lowest BCUT2D eigenvalue weighted by atomic mass is 9.97. The largest absolute Gasteiger partial charge is 0.493 e. The van der Waals surface area contributed by atoms with Crippen molar-refractivity contribution in [3.63, 3.8) is 0 Å². The fourth-order valence-corrected chi connectivity index (χ4v) is 3.22. The molecule has 5 nitrogen and oxygen atoms in total. The van der Waals surface area contributed by atoms with Gasteiger partial charge in [-0.2, -0.15) is 0 Å². The molecule has 0 aliphatic carbocycles. The molecule has 0 N–H and O–H groups in total. The second-order valence-corrected chi connectivity index (χ2v) is 5.95. The summed E-state index contributed by atoms with van der Waals surface area (Å²) >= 11 is 0. The Balaban J connectivity index is 1.51. The minimum atomic E-state index is -0.0358. The Morgan fingerprint density at radius 2 is 1.75 bits per heavy atom. The Morgan fingerprint density at radius 3 is 2.67 bits per heavy atom. The number of Topliss-reactive ketones (excluding diaryl/α,β-unsaturated/α-hetero) is 1. The van der Waals surface area contributed by atoms with Gasteiger partial charge in [-0.05, 0) is 35.4 Å². The Kier molecular flexibility index (Phi) is 2.82. The predicted molar refractivity (Wildman–Crippen MR) is 86.0 cm³/mol. The average molecular weight is 322 g/mol. The van der Waals surface area contributed by atoms with Crippen LogP contribution in [0.5, 0.6) is 23.0 Å². The maximum Gasteiger partial charge on any atom is 0.231 e. The van der Waals surface area contributed by atoms with Gasteiger partial charge in [-0.1, -0.05) is 6.07 Å². The molecule has 0 spiro atoms. The minimum absolute atomic E-state index is 0.0358. The van der Waals surface area contributed by atoms with Crippen molar-refractivity contribution < 1.29 is 23.7 Å². The van der Waals surface area contributed by atoms with E-state index in [1.807, 2.05) is 18.2 Å². The summed E-state index contributed by atoms with van der Waals surface area (Å²) in [6.07, 6.45) is 2.79. The van der Waals surface area contributed by atoms with Crippen LogP contribution in [0.15, 0.2) is 35.9 Å². The van der Waals surface area contributed by atoms with E-state index in [4.69, 9.17) is 18.9 Å². The molecule has 120 valence electrons. The van der Waals surface area contributed by atoms with E-state index < -0.39 is 0 Å². The zero-order valence-electron chi connectivity index (χ0n) is 12.8. The first-order valence-electron chi connectivity index (χ1n) is 7.85. The van der Waals surface area contributed by atoms with E-state index in [0.717, 1.165) is 24.3 Å². The van der Waals surface area contributed by atoms with Crippen LogP contribution in [0, 0.1) is 0 Å². The van der Waals surface area contributed by atoms with Gasteiger partial charge in [0.25, 0.3) is 0 Å². The van der Waals surface area contributed by atoms with Crippen LogP contribution in [0.3, 0.4) is 0 Å². The van der Waals surface area contributed by atoms with E-state index in [9.17, 15) is 4.79 Å². The summed E-state index contributed by atoms with van der Waals surface area (Å²) in [7, 11) is 0. The molecular weight excluding hydrogens is 308 g/mol. The highest BCUT2D eigenvalue weighted by molar-refractivity contribution is 6.14. The van der Waals surface area contributed by atoms with Crippen LogP contribution < -0.4 is 18.9 Å². The van der Waals surface area contributed by atoms with Gasteiger partial charge in [0.1, 0.15) is 18.1 Å². The van der Waals surface area contributed by atoms with Crippen molar-refractivity contribution in [2.45, 2.75) is 6.42 Å². The highest BCUT2D eigenvalue weighted by Crippen LogP contribution is 2.40. The molecule has 0 saturated carbocycles. The lowest BCUT2D eigenvalue weighted by Gasteiger charge is -2.19. The standard InChI is InChI=1S/C19H14O5/c20-19-13(6-11-1-2-15-12(5-11)3-4-21-15)9-22-16-8-18-17(7-14(16)19)23-10-24-18/h1-2,5-8H,3-4,9-10H2. The number of carbonyl (C=O) groups excluding carboxylic acids is 1. The molecule has 0 aromatic heterocycles. The van der Waals surface area contributed by atoms with E-state index in [2.05, 4.69) is 6.07 Å². The van der Waals surface area contributed by atoms with Crippen molar-refractivity contribution >= 4 is 11.9 Å². The van der Waals surface area contributed by atoms with Crippen molar-refractivity contribution in [2.24, 2.45) is 0 Å². The molecule has 0 fully saturated rings. The number of carbonyl (C=O) groups is 1. The fraction of sp³-hybridized carbons (Fsp3) is 0.211. The van der Waals surface area contributed by atoms with Crippen LogP contribution >= 0.6 is 0 Å². The van der Waals surface area contributed by atoms with Gasteiger partial charge in [-0.15, -0.1) is 0 Å². The van der Waals surface area contributed by atoms with Gasteiger partial charge in [0.15, 0.2) is 17.3 Å². The first-order chi connectivity index (χ1) is 11.8. The van der Waals surface area contributed by atoms with Gasteiger partial charge in [0.2, 0.25) is 6.79 Å². The molecule has 0 unspecified atom stereocenters. The molecule has 2 aromatic rings. The van der Waals surface area contributed by atoms with Crippen molar-refractivity contribution in [1.29, 1.82) is 0 Å². The van der Waals surface area contributed by atoms with Crippen molar-refractivity contribution in [2.75, 3.05) is 20.0 Å². The Morgan fingerprint density at radius 1 is 0.875 bits per heavy atom. The summed E-state index contributed by atoms with van der Waals surface area (Å²) in [5.74, 6) is 2.64. The summed E-state index contributed by atoms with van der Waals surface area (Å²) in [4.78, 5) is 12.8. The summed E-state index contributed by atoms with van der Waals surface area (Å²) in [6, 6.07) is 9.40. The lowest BCUT2D eigenvalue weighted by molar-refractivity contribution is 0.100. The van der Waals surface area contributed by atoms with Crippen molar-refractivity contribution in [1.82, 2.24) is 0 Å². The molecule has 24 heavy (non-hydrogen) atoms. The molecule has 0 bridgehead atoms. The summed E-state index contributed by atoms with van der Waals surface area (Å²) in [5.41, 5.74) is 3.30. The minimum Gasteiger partial charge on any atom is -0.493 e. The SMILES string of the molecule is O=C1C(=Cc2ccc3c(c2)CCO3)COc2cc3c(cc21)OCO3. The van der Waals surface area contributed by atoms with Crippen LogP contribution in [-0.2, 0) is 6.42 Å². The van der Waals surface area contributed by atoms with Gasteiger partial charge in [0.05, 0.1) is 12.2 Å². The topological polar surface area (TPSA) is 54.0 Å². The number of ether oxygens (including phenoxy) is 4. The summed E-state index contributed by atoms with van der Waals surface area (Å²) in [5, 5.41) is 0. The van der Waals surface area contributed by atoms with Crippen LogP contribution in [0.25, 0.3) is 6.08 Å². The number of ketones is 1. The van der Waals surface area contributed by atoms with Gasteiger partial charge < -0.3 is 18.9 Å². The van der Waals surface area contributed by atoms with Gasteiger partial charge in [-0.3, -0.25) is 4.79 Å². The van der Waals surface area contributed by atoms with Crippen molar-refractivity contribution in [3.8, 4) is 23.0 Å². The maximum absolute atomic E-state index is 12.8. The zero-order valence-corrected chi connectivity index (χ0v) is 12.8. The van der Waals surface area contributed by atoms with Gasteiger partial charge in [0, 0.05) is 18.1 Å². The van der Waals surface area contributed by atoms with E-state index in [1.54, 1.807) is 12.1 Å². The highest BCUT2D eigenvalue weighted by atomic mass is 16.7. The lowest BCUT2D eigenvalue weighted by Crippen LogP contribution is -2.19. The normalized spacial score (nSPS) is 18.8. The van der Waals surface area contributed by atoms with E-state index >= 15 is 0 Å². The Labute approximate surface area is 138 Å². The maximum atomic E-state index is 12.8. The molecule has 3 aliphatic rings. The van der Waals surface area contributed by atoms with Crippen LogP contribution in [0.2, 0.25) is 0 Å². The third-order valence-corrected chi connectivity index (χ3v) is 4.45. The summed E-state index contributed by atoms with van der Waals surface area (Å²) in [6.45, 7) is 1.14. The molecule has 0 saturated heterocycles. The van der Waals surface area contributed by atoms with Crippen LogP contribution in [0.1, 0.15) is 21.5 Å². The van der Waals surface area contributed by atoms with E-state index in [0.29, 0.717) is 28.4 Å². The number of hydrogen-bond donors (Lipinski definition) is 0. The van der Waals surface area contributed by atoms with Crippen LogP contribution in [0.4, 0.5) is 0 Å². The quantitative estimate of drug-likeness (QED) is 0.756.